The van der Waals surface area contributed by atoms with Crippen LogP contribution in [-0.2, 0) is 21.4 Å². The van der Waals surface area contributed by atoms with E-state index in [1.54, 1.807) is 56.5 Å². The number of hydrogen-bond donors (Lipinski definition) is 1. The molecule has 0 radical (unpaired) electrons. The molecular weight excluding hydrogens is 500 g/mol. The van der Waals surface area contributed by atoms with E-state index in [1.165, 1.54) is 12.1 Å². The zero-order chi connectivity index (χ0) is 26.5. The van der Waals surface area contributed by atoms with Gasteiger partial charge in [-0.2, -0.15) is 0 Å². The number of aryl methyl sites for hydroxylation is 2. The fourth-order valence-corrected chi connectivity index (χ4v) is 5.19. The molecule has 3 aromatic rings. The number of rotatable bonds is 10. The van der Waals surface area contributed by atoms with Gasteiger partial charge in [0.05, 0.1) is 23.8 Å². The molecule has 192 valence electrons. The van der Waals surface area contributed by atoms with Crippen LogP contribution >= 0.6 is 11.6 Å². The lowest BCUT2D eigenvalue weighted by molar-refractivity contribution is -0.119. The van der Waals surface area contributed by atoms with Crippen LogP contribution in [0.3, 0.4) is 0 Å². The fourth-order valence-electron chi connectivity index (χ4n) is 3.55. The molecule has 0 saturated heterocycles. The average molecular weight is 531 g/mol. The second-order valence-corrected chi connectivity index (χ2v) is 11.0. The van der Waals surface area contributed by atoms with Gasteiger partial charge in [-0.1, -0.05) is 41.4 Å². The molecule has 0 heterocycles. The SMILES string of the molecule is COc1cc(CNC(=O)CN(c2cc(Cl)ccc2C)S(=O)(=O)c2ccc(C)cc2)ccc1OC(C)C. The summed E-state index contributed by atoms with van der Waals surface area (Å²) in [7, 11) is -2.49. The van der Waals surface area contributed by atoms with Crippen molar-refractivity contribution in [3.8, 4) is 11.5 Å². The molecule has 0 aliphatic heterocycles. The Morgan fingerprint density at radius 3 is 2.33 bits per heavy atom. The van der Waals surface area contributed by atoms with Crippen LogP contribution in [0.2, 0.25) is 5.02 Å². The molecule has 7 nitrogen and oxygen atoms in total. The highest BCUT2D eigenvalue weighted by Crippen LogP contribution is 2.30. The molecule has 0 aliphatic carbocycles. The third-order valence-electron chi connectivity index (χ3n) is 5.42. The van der Waals surface area contributed by atoms with Crippen LogP contribution in [0.15, 0.2) is 65.6 Å². The molecule has 1 N–H and O–H groups in total. The lowest BCUT2D eigenvalue weighted by atomic mass is 10.2. The Morgan fingerprint density at radius 2 is 1.69 bits per heavy atom. The summed E-state index contributed by atoms with van der Waals surface area (Å²) in [5.41, 5.74) is 2.73. The molecule has 3 aromatic carbocycles. The predicted octanol–water partition coefficient (Wildman–Crippen LogP) is 5.26. The third kappa shape index (κ3) is 6.71. The number of benzene rings is 3. The van der Waals surface area contributed by atoms with Gasteiger partial charge in [-0.05, 0) is 75.2 Å². The Hall–Kier alpha value is -3.23. The smallest absolute Gasteiger partial charge is 0.264 e. The normalized spacial score (nSPS) is 11.3. The number of halogens is 1. The zero-order valence-electron chi connectivity index (χ0n) is 21.0. The fraction of sp³-hybridized carbons (Fsp3) is 0.296. The summed E-state index contributed by atoms with van der Waals surface area (Å²) >= 11 is 6.18. The average Bonchev–Trinajstić information content (AvgIpc) is 2.83. The molecule has 0 bridgehead atoms. The van der Waals surface area contributed by atoms with E-state index in [1.807, 2.05) is 26.8 Å². The van der Waals surface area contributed by atoms with Gasteiger partial charge in [0.1, 0.15) is 6.54 Å². The van der Waals surface area contributed by atoms with Crippen LogP contribution in [0.1, 0.15) is 30.5 Å². The number of nitrogens with zero attached hydrogens (tertiary/aromatic N) is 1. The number of carbonyl (C=O) groups excluding carboxylic acids is 1. The maximum atomic E-state index is 13.6. The highest BCUT2D eigenvalue weighted by atomic mass is 35.5. The Labute approximate surface area is 218 Å². The molecule has 0 saturated carbocycles. The second kappa shape index (κ2) is 11.7. The van der Waals surface area contributed by atoms with E-state index in [4.69, 9.17) is 21.1 Å². The van der Waals surface area contributed by atoms with E-state index < -0.39 is 22.5 Å². The maximum Gasteiger partial charge on any atom is 0.264 e. The highest BCUT2D eigenvalue weighted by molar-refractivity contribution is 7.92. The van der Waals surface area contributed by atoms with E-state index in [-0.39, 0.29) is 17.5 Å². The minimum absolute atomic E-state index is 0.0131. The summed E-state index contributed by atoms with van der Waals surface area (Å²) in [5, 5.41) is 3.17. The molecule has 0 fully saturated rings. The van der Waals surface area contributed by atoms with Crippen LogP contribution < -0.4 is 19.1 Å². The number of sulfonamides is 1. The Balaban J connectivity index is 1.85. The summed E-state index contributed by atoms with van der Waals surface area (Å²) in [5.74, 6) is 0.689. The van der Waals surface area contributed by atoms with Gasteiger partial charge >= 0.3 is 0 Å². The molecular formula is C27H31ClN2O5S. The minimum Gasteiger partial charge on any atom is -0.493 e. The monoisotopic (exact) mass is 530 g/mol. The highest BCUT2D eigenvalue weighted by Gasteiger charge is 2.28. The van der Waals surface area contributed by atoms with Gasteiger partial charge in [-0.15, -0.1) is 0 Å². The Morgan fingerprint density at radius 1 is 1.00 bits per heavy atom. The molecule has 36 heavy (non-hydrogen) atoms. The van der Waals surface area contributed by atoms with E-state index in [0.717, 1.165) is 15.4 Å². The zero-order valence-corrected chi connectivity index (χ0v) is 22.6. The topological polar surface area (TPSA) is 84.9 Å². The number of methoxy groups -OCH3 is 1. The summed E-state index contributed by atoms with van der Waals surface area (Å²) in [6.45, 7) is 7.26. The number of ether oxygens (including phenoxy) is 2. The molecule has 0 aromatic heterocycles. The molecule has 0 unspecified atom stereocenters. The molecule has 9 heteroatoms. The van der Waals surface area contributed by atoms with Crippen molar-refractivity contribution in [2.75, 3.05) is 18.0 Å². The van der Waals surface area contributed by atoms with Crippen molar-refractivity contribution in [3.05, 3.63) is 82.4 Å². The predicted molar refractivity (Wildman–Crippen MR) is 143 cm³/mol. The molecule has 1 amide bonds. The van der Waals surface area contributed by atoms with E-state index in [2.05, 4.69) is 5.32 Å². The second-order valence-electron chi connectivity index (χ2n) is 8.68. The van der Waals surface area contributed by atoms with Crippen molar-refractivity contribution in [1.82, 2.24) is 5.32 Å². The van der Waals surface area contributed by atoms with Crippen molar-refractivity contribution in [3.63, 3.8) is 0 Å². The molecule has 3 rings (SSSR count). The number of nitrogens with one attached hydrogen (secondary N) is 1. The van der Waals surface area contributed by atoms with Crippen molar-refractivity contribution in [2.24, 2.45) is 0 Å². The number of carbonyl (C=O) groups is 1. The Kier molecular flexibility index (Phi) is 8.87. The van der Waals surface area contributed by atoms with Crippen LogP contribution in [0, 0.1) is 13.8 Å². The number of hydrogen-bond acceptors (Lipinski definition) is 5. The van der Waals surface area contributed by atoms with Crippen molar-refractivity contribution >= 4 is 33.2 Å². The van der Waals surface area contributed by atoms with Crippen LogP contribution in [0.5, 0.6) is 11.5 Å². The van der Waals surface area contributed by atoms with E-state index in [0.29, 0.717) is 27.8 Å². The van der Waals surface area contributed by atoms with Gasteiger partial charge in [-0.25, -0.2) is 8.42 Å². The van der Waals surface area contributed by atoms with Crippen molar-refractivity contribution < 1.29 is 22.7 Å². The summed E-state index contributed by atoms with van der Waals surface area (Å²) < 4.78 is 39.4. The van der Waals surface area contributed by atoms with E-state index >= 15 is 0 Å². The molecule has 0 spiro atoms. The lowest BCUT2D eigenvalue weighted by Crippen LogP contribution is -2.41. The van der Waals surface area contributed by atoms with Gasteiger partial charge in [0.15, 0.2) is 11.5 Å². The molecule has 0 atom stereocenters. The first-order chi connectivity index (χ1) is 17.0. The largest absolute Gasteiger partial charge is 0.493 e. The number of amides is 1. The molecule has 0 aliphatic rings. The quantitative estimate of drug-likeness (QED) is 0.386. The number of anilines is 1. The summed E-state index contributed by atoms with van der Waals surface area (Å²) in [6.07, 6.45) is -0.0131. The maximum absolute atomic E-state index is 13.6. The van der Waals surface area contributed by atoms with E-state index in [9.17, 15) is 13.2 Å². The first kappa shape index (κ1) is 27.4. The van der Waals surface area contributed by atoms with Crippen molar-refractivity contribution in [1.29, 1.82) is 0 Å². The standard InChI is InChI=1S/C27H31ClN2O5S/c1-18(2)35-25-13-9-21(14-26(25)34-5)16-29-27(31)17-30(24-15-22(28)10-8-20(24)4)36(32,33)23-11-6-19(3)7-12-23/h6-15,18H,16-17H2,1-5H3,(H,29,31). The first-order valence-electron chi connectivity index (χ1n) is 11.5. The van der Waals surface area contributed by atoms with Crippen molar-refractivity contribution in [2.45, 2.75) is 45.2 Å². The van der Waals surface area contributed by atoms with Crippen LogP contribution in [0.4, 0.5) is 5.69 Å². The van der Waals surface area contributed by atoms with Gasteiger partial charge in [0.25, 0.3) is 10.0 Å². The van der Waals surface area contributed by atoms with Crippen LogP contribution in [-0.4, -0.2) is 34.1 Å². The summed E-state index contributed by atoms with van der Waals surface area (Å²) in [6, 6.07) is 16.8. The Bertz CT molecular complexity index is 1320. The first-order valence-corrected chi connectivity index (χ1v) is 13.3. The van der Waals surface area contributed by atoms with Gasteiger partial charge in [0, 0.05) is 11.6 Å². The van der Waals surface area contributed by atoms with Gasteiger partial charge in [-0.3, -0.25) is 9.10 Å². The lowest BCUT2D eigenvalue weighted by Gasteiger charge is -2.26. The van der Waals surface area contributed by atoms with Gasteiger partial charge < -0.3 is 14.8 Å². The summed E-state index contributed by atoms with van der Waals surface area (Å²) in [4.78, 5) is 13.1. The van der Waals surface area contributed by atoms with Crippen LogP contribution in [0.25, 0.3) is 0 Å². The van der Waals surface area contributed by atoms with Gasteiger partial charge in [0.2, 0.25) is 5.91 Å². The minimum atomic E-state index is -4.04. The third-order valence-corrected chi connectivity index (χ3v) is 7.43.